The fourth-order valence-corrected chi connectivity index (χ4v) is 2.96. The fraction of sp³-hybridized carbons (Fsp3) is 0.190. The number of carbonyl (C=O) groups is 1. The van der Waals surface area contributed by atoms with Crippen molar-refractivity contribution < 1.29 is 9.32 Å². The standard InChI is InChI=1S/C21H19N5O3/c1-13-4-5-15-10-16(21(28)24-17(15)9-13)20-25-19(29-26-20)7-6-18(27)23-12-14-3-2-8-22-11-14/h2-5,8-11H,6-7,12H2,1H3,(H,23,27)(H,24,28). The van der Waals surface area contributed by atoms with Gasteiger partial charge in [0.05, 0.1) is 5.56 Å². The second-order valence-electron chi connectivity index (χ2n) is 6.75. The van der Waals surface area contributed by atoms with E-state index in [2.05, 4.69) is 25.4 Å². The van der Waals surface area contributed by atoms with E-state index in [1.165, 1.54) is 0 Å². The molecule has 29 heavy (non-hydrogen) atoms. The number of carbonyl (C=O) groups excluding carboxylic acids is 1. The van der Waals surface area contributed by atoms with Crippen molar-refractivity contribution in [1.29, 1.82) is 0 Å². The molecule has 3 aromatic heterocycles. The lowest BCUT2D eigenvalue weighted by Crippen LogP contribution is -2.23. The van der Waals surface area contributed by atoms with Crippen molar-refractivity contribution in [3.63, 3.8) is 0 Å². The van der Waals surface area contributed by atoms with Crippen molar-refractivity contribution >= 4 is 16.8 Å². The first-order valence-electron chi connectivity index (χ1n) is 9.21. The van der Waals surface area contributed by atoms with E-state index in [1.54, 1.807) is 18.5 Å². The van der Waals surface area contributed by atoms with E-state index in [-0.39, 0.29) is 30.1 Å². The van der Waals surface area contributed by atoms with Crippen molar-refractivity contribution in [3.05, 3.63) is 76.2 Å². The average molecular weight is 389 g/mol. The topological polar surface area (TPSA) is 114 Å². The summed E-state index contributed by atoms with van der Waals surface area (Å²) in [6.07, 6.45) is 3.87. The molecule has 0 fully saturated rings. The normalized spacial score (nSPS) is 10.9. The molecule has 3 heterocycles. The zero-order chi connectivity index (χ0) is 20.2. The van der Waals surface area contributed by atoms with E-state index in [1.807, 2.05) is 37.3 Å². The number of rotatable bonds is 6. The number of fused-ring (bicyclic) bond motifs is 1. The lowest BCUT2D eigenvalue weighted by atomic mass is 10.1. The van der Waals surface area contributed by atoms with Gasteiger partial charge in [0.15, 0.2) is 0 Å². The van der Waals surface area contributed by atoms with Crippen LogP contribution in [0.2, 0.25) is 0 Å². The SMILES string of the molecule is Cc1ccc2cc(-c3noc(CCC(=O)NCc4cccnc4)n3)c(=O)[nH]c2c1. The number of benzene rings is 1. The zero-order valence-electron chi connectivity index (χ0n) is 15.8. The van der Waals surface area contributed by atoms with E-state index in [9.17, 15) is 9.59 Å². The van der Waals surface area contributed by atoms with Crippen LogP contribution in [0.15, 0.2) is 58.1 Å². The quantitative estimate of drug-likeness (QED) is 0.524. The van der Waals surface area contributed by atoms with Crippen LogP contribution in [0.5, 0.6) is 0 Å². The van der Waals surface area contributed by atoms with Gasteiger partial charge in [0.2, 0.25) is 17.6 Å². The lowest BCUT2D eigenvalue weighted by molar-refractivity contribution is -0.121. The van der Waals surface area contributed by atoms with Gasteiger partial charge in [-0.05, 0) is 41.6 Å². The van der Waals surface area contributed by atoms with E-state index < -0.39 is 0 Å². The highest BCUT2D eigenvalue weighted by Gasteiger charge is 2.14. The number of nitrogens with zero attached hydrogens (tertiary/aromatic N) is 3. The summed E-state index contributed by atoms with van der Waals surface area (Å²) >= 11 is 0. The summed E-state index contributed by atoms with van der Waals surface area (Å²) in [6, 6.07) is 11.3. The smallest absolute Gasteiger partial charge is 0.259 e. The third kappa shape index (κ3) is 4.37. The Labute approximate surface area is 166 Å². The van der Waals surface area contributed by atoms with Crippen LogP contribution < -0.4 is 10.9 Å². The Balaban J connectivity index is 1.41. The molecule has 4 aromatic rings. The van der Waals surface area contributed by atoms with Crippen molar-refractivity contribution in [2.24, 2.45) is 0 Å². The zero-order valence-corrected chi connectivity index (χ0v) is 15.8. The number of aromatic nitrogens is 4. The molecule has 2 N–H and O–H groups in total. The molecule has 0 atom stereocenters. The Morgan fingerprint density at radius 1 is 1.24 bits per heavy atom. The van der Waals surface area contributed by atoms with Gasteiger partial charge in [-0.15, -0.1) is 0 Å². The third-order valence-electron chi connectivity index (χ3n) is 4.49. The largest absolute Gasteiger partial charge is 0.352 e. The number of H-pyrrole nitrogens is 1. The van der Waals surface area contributed by atoms with E-state index >= 15 is 0 Å². The number of nitrogens with one attached hydrogen (secondary N) is 2. The molecule has 4 rings (SSSR count). The summed E-state index contributed by atoms with van der Waals surface area (Å²) in [5.74, 6) is 0.381. The summed E-state index contributed by atoms with van der Waals surface area (Å²) in [7, 11) is 0. The van der Waals surface area contributed by atoms with Gasteiger partial charge in [-0.2, -0.15) is 4.98 Å². The molecule has 0 aliphatic carbocycles. The van der Waals surface area contributed by atoms with E-state index in [4.69, 9.17) is 4.52 Å². The maximum Gasteiger partial charge on any atom is 0.259 e. The number of aryl methyl sites for hydroxylation is 2. The minimum absolute atomic E-state index is 0.132. The lowest BCUT2D eigenvalue weighted by Gasteiger charge is -2.03. The van der Waals surface area contributed by atoms with Crippen LogP contribution in [0.25, 0.3) is 22.3 Å². The van der Waals surface area contributed by atoms with Crippen LogP contribution in [0.1, 0.15) is 23.4 Å². The molecule has 0 saturated heterocycles. The Bertz CT molecular complexity index is 1210. The number of pyridine rings is 2. The summed E-state index contributed by atoms with van der Waals surface area (Å²) in [4.78, 5) is 35.5. The molecule has 0 saturated carbocycles. The summed E-state index contributed by atoms with van der Waals surface area (Å²) in [6.45, 7) is 2.37. The molecule has 1 amide bonds. The van der Waals surface area contributed by atoms with Crippen LogP contribution in [-0.2, 0) is 17.8 Å². The summed E-state index contributed by atoms with van der Waals surface area (Å²) in [5, 5.41) is 7.60. The molecule has 8 nitrogen and oxygen atoms in total. The summed E-state index contributed by atoms with van der Waals surface area (Å²) in [5.41, 5.74) is 2.78. The van der Waals surface area contributed by atoms with Gasteiger partial charge in [0.25, 0.3) is 5.56 Å². The summed E-state index contributed by atoms with van der Waals surface area (Å²) < 4.78 is 5.21. The van der Waals surface area contributed by atoms with Crippen molar-refractivity contribution in [2.45, 2.75) is 26.3 Å². The third-order valence-corrected chi connectivity index (χ3v) is 4.49. The molecule has 0 spiro atoms. The predicted molar refractivity (Wildman–Crippen MR) is 107 cm³/mol. The van der Waals surface area contributed by atoms with Gasteiger partial charge in [0.1, 0.15) is 0 Å². The van der Waals surface area contributed by atoms with Gasteiger partial charge in [-0.1, -0.05) is 23.4 Å². The molecule has 0 aliphatic rings. The Morgan fingerprint density at radius 3 is 2.97 bits per heavy atom. The molecular formula is C21H19N5O3. The van der Waals surface area contributed by atoms with Gasteiger partial charge >= 0.3 is 0 Å². The predicted octanol–water partition coefficient (Wildman–Crippen LogP) is 2.53. The average Bonchev–Trinajstić information content (AvgIpc) is 3.19. The van der Waals surface area contributed by atoms with E-state index in [0.717, 1.165) is 22.0 Å². The highest BCUT2D eigenvalue weighted by atomic mass is 16.5. The molecule has 0 unspecified atom stereocenters. The second-order valence-corrected chi connectivity index (χ2v) is 6.75. The Kier molecular flexibility index (Phi) is 5.15. The fourth-order valence-electron chi connectivity index (χ4n) is 2.96. The molecule has 0 bridgehead atoms. The van der Waals surface area contributed by atoms with Gasteiger partial charge in [-0.25, -0.2) is 0 Å². The minimum atomic E-state index is -0.287. The maximum absolute atomic E-state index is 12.4. The van der Waals surface area contributed by atoms with Crippen LogP contribution in [0.4, 0.5) is 0 Å². The van der Waals surface area contributed by atoms with Crippen LogP contribution in [0.3, 0.4) is 0 Å². The van der Waals surface area contributed by atoms with Crippen LogP contribution >= 0.6 is 0 Å². The van der Waals surface area contributed by atoms with Crippen molar-refractivity contribution in [3.8, 4) is 11.4 Å². The second kappa shape index (κ2) is 8.05. The molecule has 0 radical (unpaired) electrons. The Morgan fingerprint density at radius 2 is 2.14 bits per heavy atom. The first-order chi connectivity index (χ1) is 14.1. The first-order valence-corrected chi connectivity index (χ1v) is 9.21. The van der Waals surface area contributed by atoms with Crippen molar-refractivity contribution in [1.82, 2.24) is 25.4 Å². The Hall–Kier alpha value is -3.81. The number of hydrogen-bond acceptors (Lipinski definition) is 6. The van der Waals surface area contributed by atoms with Gasteiger partial charge in [0, 0.05) is 37.3 Å². The van der Waals surface area contributed by atoms with Gasteiger partial charge in [-0.3, -0.25) is 14.6 Å². The van der Waals surface area contributed by atoms with Crippen molar-refractivity contribution in [2.75, 3.05) is 0 Å². The molecule has 8 heteroatoms. The number of hydrogen-bond donors (Lipinski definition) is 2. The molecule has 1 aromatic carbocycles. The van der Waals surface area contributed by atoms with E-state index in [0.29, 0.717) is 18.0 Å². The molecule has 146 valence electrons. The first kappa shape index (κ1) is 18.5. The molecular weight excluding hydrogens is 370 g/mol. The monoisotopic (exact) mass is 389 g/mol. The maximum atomic E-state index is 12.4. The van der Waals surface area contributed by atoms with Gasteiger partial charge < -0.3 is 14.8 Å². The number of aromatic amines is 1. The number of amides is 1. The highest BCUT2D eigenvalue weighted by molar-refractivity contribution is 5.82. The molecule has 0 aliphatic heterocycles. The highest BCUT2D eigenvalue weighted by Crippen LogP contribution is 2.18. The minimum Gasteiger partial charge on any atom is -0.352 e. The van der Waals surface area contributed by atoms with Crippen LogP contribution in [0, 0.1) is 6.92 Å². The van der Waals surface area contributed by atoms with Crippen LogP contribution in [-0.4, -0.2) is 26.0 Å².